The van der Waals surface area contributed by atoms with Gasteiger partial charge in [0.25, 0.3) is 0 Å². The first kappa shape index (κ1) is 29.0. The fourth-order valence-corrected chi connectivity index (χ4v) is 4.81. The number of nitrogens with zero attached hydrogens (tertiary/aromatic N) is 1. The van der Waals surface area contributed by atoms with E-state index in [9.17, 15) is 44.3 Å². The maximum absolute atomic E-state index is 13.5. The molecule has 4 rings (SSSR count). The third-order valence-electron chi connectivity index (χ3n) is 6.79. The summed E-state index contributed by atoms with van der Waals surface area (Å²) in [5.41, 5.74) is -4.10. The lowest BCUT2D eigenvalue weighted by molar-refractivity contribution is -0.143. The minimum Gasteiger partial charge on any atom is -0.449 e. The zero-order chi connectivity index (χ0) is 28.8. The fraction of sp³-hybridized carbons (Fsp3) is 0.500. The summed E-state index contributed by atoms with van der Waals surface area (Å²) in [4.78, 5) is 14.3. The summed E-state index contributed by atoms with van der Waals surface area (Å²) in [6.45, 7) is 1.40. The van der Waals surface area contributed by atoms with Crippen LogP contribution in [-0.4, -0.2) is 18.7 Å². The van der Waals surface area contributed by atoms with Crippen LogP contribution < -0.4 is 10.2 Å². The van der Waals surface area contributed by atoms with E-state index in [1.165, 1.54) is 4.90 Å². The van der Waals surface area contributed by atoms with Crippen molar-refractivity contribution < 1.29 is 49.0 Å². The molecule has 0 bridgehead atoms. The highest BCUT2D eigenvalue weighted by Gasteiger charge is 2.45. The Balaban J connectivity index is 1.71. The molecule has 0 radical (unpaired) electrons. The molecule has 0 unspecified atom stereocenters. The average Bonchev–Trinajstić information content (AvgIpc) is 3.68. The third kappa shape index (κ3) is 6.62. The van der Waals surface area contributed by atoms with E-state index >= 15 is 0 Å². The predicted octanol–water partition coefficient (Wildman–Crippen LogP) is 8.11. The van der Waals surface area contributed by atoms with Crippen molar-refractivity contribution >= 4 is 11.8 Å². The molecule has 1 fully saturated rings. The topological polar surface area (TPSA) is 41.6 Å². The van der Waals surface area contributed by atoms with E-state index in [2.05, 4.69) is 5.32 Å². The number of carbonyl (C=O) groups excluding carboxylic acids is 1. The second-order valence-electron chi connectivity index (χ2n) is 9.74. The molecule has 2 aromatic carbocycles. The van der Waals surface area contributed by atoms with Crippen molar-refractivity contribution in [2.24, 2.45) is 5.92 Å². The van der Waals surface area contributed by atoms with Gasteiger partial charge in [-0.1, -0.05) is 6.92 Å². The maximum atomic E-state index is 13.5. The fourth-order valence-electron chi connectivity index (χ4n) is 4.81. The molecule has 2 aliphatic rings. The molecule has 1 aliphatic carbocycles. The van der Waals surface area contributed by atoms with Gasteiger partial charge in [0.05, 0.1) is 29.0 Å². The van der Waals surface area contributed by atoms with Crippen LogP contribution in [-0.2, 0) is 29.8 Å². The number of hydrogen-bond donors (Lipinski definition) is 1. The Kier molecular flexibility index (Phi) is 7.85. The van der Waals surface area contributed by atoms with Crippen LogP contribution in [0.5, 0.6) is 0 Å². The number of halogens is 9. The van der Waals surface area contributed by atoms with Crippen LogP contribution in [0, 0.1) is 5.92 Å². The molecule has 39 heavy (non-hydrogen) atoms. The van der Waals surface area contributed by atoms with Crippen molar-refractivity contribution in [1.82, 2.24) is 5.32 Å². The third-order valence-corrected chi connectivity index (χ3v) is 6.79. The standard InChI is InChI=1S/C26H25F9N2O2/c1-2-7-39-23(38)37-21-6-5-16(24(27,28)29)11-19(21)20(12-22(37)15-3-4-15)36-13-14-8-17(25(30,31)32)10-18(9-14)26(33,34)35/h5-6,8-11,15,20,22,36H,2-4,7,12-13H2,1H3/t20-,22+/m0/s1. The van der Waals surface area contributed by atoms with E-state index in [0.29, 0.717) is 18.6 Å². The Morgan fingerprint density at radius 2 is 1.49 bits per heavy atom. The van der Waals surface area contributed by atoms with Gasteiger partial charge >= 0.3 is 24.6 Å². The Morgan fingerprint density at radius 3 is 2.00 bits per heavy atom. The van der Waals surface area contributed by atoms with Gasteiger partial charge < -0.3 is 10.1 Å². The SMILES string of the molecule is CCCOC(=O)N1c2ccc(C(F)(F)F)cc2[C@@H](NCc2cc(C(F)(F)F)cc(C(F)(F)F)c2)C[C@@H]1C1CC1. The average molecular weight is 568 g/mol. The summed E-state index contributed by atoms with van der Waals surface area (Å²) in [7, 11) is 0. The minimum absolute atomic E-state index is 0.0118. The zero-order valence-corrected chi connectivity index (χ0v) is 20.6. The van der Waals surface area contributed by atoms with Crippen molar-refractivity contribution in [2.45, 2.75) is 69.8 Å². The molecular weight excluding hydrogens is 543 g/mol. The van der Waals surface area contributed by atoms with Crippen molar-refractivity contribution in [3.63, 3.8) is 0 Å². The number of anilines is 1. The second kappa shape index (κ2) is 10.5. The summed E-state index contributed by atoms with van der Waals surface area (Å²) in [6, 6.07) is 2.64. The molecule has 1 amide bonds. The summed E-state index contributed by atoms with van der Waals surface area (Å²) in [5.74, 6) is 0.0318. The van der Waals surface area contributed by atoms with Crippen molar-refractivity contribution in [1.29, 1.82) is 0 Å². The van der Waals surface area contributed by atoms with Crippen molar-refractivity contribution in [3.8, 4) is 0 Å². The highest BCUT2D eigenvalue weighted by molar-refractivity contribution is 5.90. The van der Waals surface area contributed by atoms with Gasteiger partial charge in [0.15, 0.2) is 0 Å². The number of nitrogens with one attached hydrogen (secondary N) is 1. The van der Waals surface area contributed by atoms with Crippen LogP contribution in [0.1, 0.15) is 66.5 Å². The first-order chi connectivity index (χ1) is 18.1. The molecule has 0 saturated heterocycles. The molecule has 0 aromatic heterocycles. The lowest BCUT2D eigenvalue weighted by Gasteiger charge is -2.41. The molecule has 214 valence electrons. The Labute approximate surface area is 218 Å². The number of carbonyl (C=O) groups is 1. The summed E-state index contributed by atoms with van der Waals surface area (Å²) >= 11 is 0. The largest absolute Gasteiger partial charge is 0.449 e. The molecule has 1 heterocycles. The molecule has 0 spiro atoms. The van der Waals surface area contributed by atoms with Gasteiger partial charge in [0, 0.05) is 18.6 Å². The van der Waals surface area contributed by atoms with E-state index in [1.54, 1.807) is 6.92 Å². The van der Waals surface area contributed by atoms with Gasteiger partial charge in [-0.25, -0.2) is 4.79 Å². The van der Waals surface area contributed by atoms with E-state index in [-0.39, 0.29) is 41.8 Å². The Bertz CT molecular complexity index is 1170. The molecule has 1 aliphatic heterocycles. The Morgan fingerprint density at radius 1 is 0.897 bits per heavy atom. The number of benzene rings is 2. The number of alkyl halides is 9. The van der Waals surface area contributed by atoms with Gasteiger partial charge in [-0.3, -0.25) is 4.90 Å². The van der Waals surface area contributed by atoms with Crippen LogP contribution in [0.25, 0.3) is 0 Å². The van der Waals surface area contributed by atoms with Crippen LogP contribution >= 0.6 is 0 Å². The number of ether oxygens (including phenoxy) is 1. The van der Waals surface area contributed by atoms with Gasteiger partial charge in [-0.2, -0.15) is 39.5 Å². The molecular formula is C26H25F9N2O2. The van der Waals surface area contributed by atoms with Gasteiger partial charge in [0.2, 0.25) is 0 Å². The van der Waals surface area contributed by atoms with Crippen LogP contribution in [0.2, 0.25) is 0 Å². The Hall–Kier alpha value is -2.96. The highest BCUT2D eigenvalue weighted by Crippen LogP contribution is 2.48. The zero-order valence-electron chi connectivity index (χ0n) is 20.6. The lowest BCUT2D eigenvalue weighted by atomic mass is 9.87. The van der Waals surface area contributed by atoms with Crippen molar-refractivity contribution in [2.75, 3.05) is 11.5 Å². The van der Waals surface area contributed by atoms with E-state index < -0.39 is 59.9 Å². The number of fused-ring (bicyclic) bond motifs is 1. The molecule has 2 atom stereocenters. The molecule has 2 aromatic rings. The van der Waals surface area contributed by atoms with Crippen LogP contribution in [0.4, 0.5) is 50.0 Å². The first-order valence-electron chi connectivity index (χ1n) is 12.3. The molecule has 4 nitrogen and oxygen atoms in total. The van der Waals surface area contributed by atoms with Gasteiger partial charge in [0.1, 0.15) is 0 Å². The predicted molar refractivity (Wildman–Crippen MR) is 123 cm³/mol. The summed E-state index contributed by atoms with van der Waals surface area (Å²) < 4.78 is 126. The molecule has 1 saturated carbocycles. The normalized spacial score (nSPS) is 20.1. The quantitative estimate of drug-likeness (QED) is 0.358. The summed E-state index contributed by atoms with van der Waals surface area (Å²) in [5, 5.41) is 2.86. The molecule has 1 N–H and O–H groups in total. The highest BCUT2D eigenvalue weighted by atomic mass is 19.4. The van der Waals surface area contributed by atoms with E-state index in [0.717, 1.165) is 31.0 Å². The maximum Gasteiger partial charge on any atom is 0.416 e. The number of amides is 1. The first-order valence-corrected chi connectivity index (χ1v) is 12.3. The molecule has 13 heteroatoms. The number of rotatable bonds is 6. The smallest absolute Gasteiger partial charge is 0.416 e. The van der Waals surface area contributed by atoms with Crippen molar-refractivity contribution in [3.05, 3.63) is 64.2 Å². The minimum atomic E-state index is -5.04. The monoisotopic (exact) mass is 568 g/mol. The number of hydrogen-bond acceptors (Lipinski definition) is 3. The van der Waals surface area contributed by atoms with Gasteiger partial charge in [-0.05, 0) is 79.1 Å². The van der Waals surface area contributed by atoms with Gasteiger partial charge in [-0.15, -0.1) is 0 Å². The van der Waals surface area contributed by atoms with E-state index in [1.807, 2.05) is 0 Å². The second-order valence-corrected chi connectivity index (χ2v) is 9.74. The van der Waals surface area contributed by atoms with E-state index in [4.69, 9.17) is 4.74 Å². The van der Waals surface area contributed by atoms with Crippen LogP contribution in [0.15, 0.2) is 36.4 Å². The van der Waals surface area contributed by atoms with Crippen LogP contribution in [0.3, 0.4) is 0 Å². The summed E-state index contributed by atoms with van der Waals surface area (Å²) in [6.07, 6.45) is -13.4. The lowest BCUT2D eigenvalue weighted by Crippen LogP contribution is -2.48.